The van der Waals surface area contributed by atoms with E-state index < -0.39 is 17.1 Å². The minimum Gasteiger partial charge on any atom is -0.389 e. The number of non-ortho nitro benzene ring substituents is 1. The molecule has 0 bridgehead atoms. The standard InChI is InChI=1S/C10H10BrN3O4/c11-4-8(15)10(16)9-6-3-5(14(17)18)1-2-7(6)12-13-9/h1-3,8,10,15-16H,4H2,(H,12,13). The predicted molar refractivity (Wildman–Crippen MR) is 67.5 cm³/mol. The Morgan fingerprint density at radius 2 is 2.22 bits per heavy atom. The van der Waals surface area contributed by atoms with Crippen molar-refractivity contribution in [3.8, 4) is 0 Å². The number of rotatable bonds is 4. The third-order valence-electron chi connectivity index (χ3n) is 2.60. The van der Waals surface area contributed by atoms with E-state index in [9.17, 15) is 20.3 Å². The van der Waals surface area contributed by atoms with Gasteiger partial charge in [0.05, 0.1) is 22.2 Å². The molecule has 2 atom stereocenters. The molecule has 1 heterocycles. The van der Waals surface area contributed by atoms with E-state index in [4.69, 9.17) is 0 Å². The third kappa shape index (κ3) is 2.22. The van der Waals surface area contributed by atoms with Crippen LogP contribution in [0.2, 0.25) is 0 Å². The number of nitro benzene ring substituents is 1. The summed E-state index contributed by atoms with van der Waals surface area (Å²) in [5, 5.41) is 37.3. The van der Waals surface area contributed by atoms with Crippen molar-refractivity contribution in [1.29, 1.82) is 0 Å². The van der Waals surface area contributed by atoms with Gasteiger partial charge in [0.25, 0.3) is 5.69 Å². The van der Waals surface area contributed by atoms with E-state index in [2.05, 4.69) is 26.1 Å². The Kier molecular flexibility index (Phi) is 3.60. The van der Waals surface area contributed by atoms with Gasteiger partial charge < -0.3 is 10.2 Å². The van der Waals surface area contributed by atoms with Gasteiger partial charge in [-0.1, -0.05) is 15.9 Å². The lowest BCUT2D eigenvalue weighted by molar-refractivity contribution is -0.384. The molecule has 18 heavy (non-hydrogen) atoms. The van der Waals surface area contributed by atoms with Crippen LogP contribution in [0.15, 0.2) is 18.2 Å². The van der Waals surface area contributed by atoms with Crippen LogP contribution in [-0.2, 0) is 0 Å². The highest BCUT2D eigenvalue weighted by atomic mass is 79.9. The highest BCUT2D eigenvalue weighted by Crippen LogP contribution is 2.27. The van der Waals surface area contributed by atoms with Crippen LogP contribution in [0.1, 0.15) is 11.8 Å². The molecular formula is C10H10BrN3O4. The van der Waals surface area contributed by atoms with Gasteiger partial charge in [0, 0.05) is 22.8 Å². The maximum atomic E-state index is 10.7. The number of fused-ring (bicyclic) bond motifs is 1. The Morgan fingerprint density at radius 3 is 2.83 bits per heavy atom. The summed E-state index contributed by atoms with van der Waals surface area (Å²) < 4.78 is 0. The molecule has 1 aromatic carbocycles. The number of aromatic nitrogens is 2. The van der Waals surface area contributed by atoms with Crippen molar-refractivity contribution >= 4 is 32.5 Å². The van der Waals surface area contributed by atoms with Gasteiger partial charge in [-0.25, -0.2) is 0 Å². The zero-order valence-corrected chi connectivity index (χ0v) is 10.7. The molecule has 1 aromatic heterocycles. The van der Waals surface area contributed by atoms with Crippen LogP contribution in [0.5, 0.6) is 0 Å². The molecule has 0 fully saturated rings. The van der Waals surface area contributed by atoms with Gasteiger partial charge in [0.1, 0.15) is 6.10 Å². The van der Waals surface area contributed by atoms with Gasteiger partial charge in [-0.05, 0) is 6.07 Å². The molecule has 0 amide bonds. The Bertz CT molecular complexity index is 586. The maximum Gasteiger partial charge on any atom is 0.270 e. The number of nitro groups is 1. The predicted octanol–water partition coefficient (Wildman–Crippen LogP) is 1.26. The Labute approximate surface area is 110 Å². The smallest absolute Gasteiger partial charge is 0.270 e. The lowest BCUT2D eigenvalue weighted by Gasteiger charge is -2.13. The molecule has 7 nitrogen and oxygen atoms in total. The molecule has 2 rings (SSSR count). The van der Waals surface area contributed by atoms with Crippen molar-refractivity contribution in [3.63, 3.8) is 0 Å². The zero-order chi connectivity index (χ0) is 13.3. The first kappa shape index (κ1) is 12.9. The lowest BCUT2D eigenvalue weighted by atomic mass is 10.1. The fraction of sp³-hybridized carbons (Fsp3) is 0.300. The second-order valence-corrected chi connectivity index (χ2v) is 4.41. The van der Waals surface area contributed by atoms with Gasteiger partial charge in [-0.2, -0.15) is 5.10 Å². The van der Waals surface area contributed by atoms with Crippen LogP contribution in [0, 0.1) is 10.1 Å². The second kappa shape index (κ2) is 5.01. The summed E-state index contributed by atoms with van der Waals surface area (Å²) in [5.74, 6) is 0. The first-order valence-electron chi connectivity index (χ1n) is 5.09. The van der Waals surface area contributed by atoms with Crippen molar-refractivity contribution in [2.45, 2.75) is 12.2 Å². The second-order valence-electron chi connectivity index (χ2n) is 3.76. The van der Waals surface area contributed by atoms with E-state index in [-0.39, 0.29) is 16.7 Å². The van der Waals surface area contributed by atoms with Crippen molar-refractivity contribution < 1.29 is 15.1 Å². The fourth-order valence-corrected chi connectivity index (χ4v) is 1.99. The summed E-state index contributed by atoms with van der Waals surface area (Å²) >= 11 is 3.05. The van der Waals surface area contributed by atoms with Crippen molar-refractivity contribution in [2.24, 2.45) is 0 Å². The van der Waals surface area contributed by atoms with E-state index in [0.29, 0.717) is 10.9 Å². The van der Waals surface area contributed by atoms with Crippen LogP contribution in [0.3, 0.4) is 0 Å². The van der Waals surface area contributed by atoms with Crippen LogP contribution in [0.25, 0.3) is 10.9 Å². The number of hydrogen-bond acceptors (Lipinski definition) is 5. The summed E-state index contributed by atoms with van der Waals surface area (Å²) in [6.07, 6.45) is -2.20. The van der Waals surface area contributed by atoms with Crippen molar-refractivity contribution in [2.75, 3.05) is 5.33 Å². The minimum atomic E-state index is -1.18. The van der Waals surface area contributed by atoms with E-state index in [0.717, 1.165) is 0 Å². The molecule has 2 unspecified atom stereocenters. The average molecular weight is 316 g/mol. The number of H-pyrrole nitrogens is 1. The van der Waals surface area contributed by atoms with Gasteiger partial charge in [0.2, 0.25) is 0 Å². The molecule has 0 spiro atoms. The molecule has 96 valence electrons. The number of nitrogens with one attached hydrogen (secondary N) is 1. The highest BCUT2D eigenvalue weighted by Gasteiger charge is 2.22. The number of hydrogen-bond donors (Lipinski definition) is 3. The SMILES string of the molecule is O=[N+]([O-])c1ccc2n[nH]c(C(O)C(O)CBr)c2c1. The molecular weight excluding hydrogens is 306 g/mol. The van der Waals surface area contributed by atoms with E-state index >= 15 is 0 Å². The molecule has 0 aliphatic heterocycles. The average Bonchev–Trinajstić information content (AvgIpc) is 2.79. The number of nitrogens with zero attached hydrogens (tertiary/aromatic N) is 2. The zero-order valence-electron chi connectivity index (χ0n) is 9.08. The molecule has 0 saturated heterocycles. The fourth-order valence-electron chi connectivity index (χ4n) is 1.63. The summed E-state index contributed by atoms with van der Waals surface area (Å²) in [6.45, 7) is 0. The summed E-state index contributed by atoms with van der Waals surface area (Å²) in [4.78, 5) is 10.2. The molecule has 8 heteroatoms. The first-order valence-corrected chi connectivity index (χ1v) is 6.21. The van der Waals surface area contributed by atoms with Crippen LogP contribution in [0.4, 0.5) is 5.69 Å². The molecule has 0 aliphatic carbocycles. The normalized spacial score (nSPS) is 14.6. The highest BCUT2D eigenvalue weighted by molar-refractivity contribution is 9.09. The van der Waals surface area contributed by atoms with Crippen molar-refractivity contribution in [1.82, 2.24) is 10.2 Å². The van der Waals surface area contributed by atoms with E-state index in [1.807, 2.05) is 0 Å². The molecule has 0 saturated carbocycles. The van der Waals surface area contributed by atoms with Crippen LogP contribution < -0.4 is 0 Å². The summed E-state index contributed by atoms with van der Waals surface area (Å²) in [5.41, 5.74) is 0.669. The first-order chi connectivity index (χ1) is 8.54. The summed E-state index contributed by atoms with van der Waals surface area (Å²) in [7, 11) is 0. The monoisotopic (exact) mass is 315 g/mol. The third-order valence-corrected chi connectivity index (χ3v) is 3.26. The largest absolute Gasteiger partial charge is 0.389 e. The summed E-state index contributed by atoms with van der Waals surface area (Å²) in [6, 6.07) is 4.14. The molecule has 0 aliphatic rings. The van der Waals surface area contributed by atoms with Gasteiger partial charge in [-0.15, -0.1) is 0 Å². The van der Waals surface area contributed by atoms with E-state index in [1.165, 1.54) is 18.2 Å². The van der Waals surface area contributed by atoms with Crippen LogP contribution in [-0.4, -0.2) is 36.8 Å². The topological polar surface area (TPSA) is 112 Å². The Morgan fingerprint density at radius 1 is 1.50 bits per heavy atom. The van der Waals surface area contributed by atoms with Gasteiger partial charge in [0.15, 0.2) is 0 Å². The Balaban J connectivity index is 2.51. The van der Waals surface area contributed by atoms with Gasteiger partial charge in [-0.3, -0.25) is 15.2 Å². The molecule has 2 aromatic rings. The molecule has 0 radical (unpaired) electrons. The van der Waals surface area contributed by atoms with Crippen molar-refractivity contribution in [3.05, 3.63) is 34.0 Å². The maximum absolute atomic E-state index is 10.7. The number of aliphatic hydroxyl groups excluding tert-OH is 2. The Hall–Kier alpha value is -1.51. The van der Waals surface area contributed by atoms with Crippen LogP contribution >= 0.6 is 15.9 Å². The van der Waals surface area contributed by atoms with Gasteiger partial charge >= 0.3 is 0 Å². The number of alkyl halides is 1. The number of halogens is 1. The van der Waals surface area contributed by atoms with E-state index in [1.54, 1.807) is 0 Å². The number of aliphatic hydroxyl groups is 2. The minimum absolute atomic E-state index is 0.0920. The lowest BCUT2D eigenvalue weighted by Crippen LogP contribution is -2.20. The number of benzene rings is 1. The quantitative estimate of drug-likeness (QED) is 0.446. The molecule has 3 N–H and O–H groups in total. The number of aromatic amines is 1.